The molecule has 0 spiro atoms. The zero-order chi connectivity index (χ0) is 34.4. The fourth-order valence-electron chi connectivity index (χ4n) is 6.11. The molecule has 0 aliphatic rings. The SMILES string of the molecule is CCCCCCCC/C=C\CCCCCCCC(=O)C(O)(C(=O)CCCCCCC/C=C\CCCCCCCC)C([PH-])[N+](C)(C)C. The number of rotatable bonds is 34. The van der Waals surface area contributed by atoms with E-state index >= 15 is 0 Å². The Kier molecular flexibility index (Phi) is 29.7. The third-order valence-electron chi connectivity index (χ3n) is 9.35. The van der Waals surface area contributed by atoms with E-state index in [1.54, 1.807) is 0 Å². The molecule has 0 rings (SSSR count). The van der Waals surface area contributed by atoms with Crippen LogP contribution in [0.15, 0.2) is 24.3 Å². The van der Waals surface area contributed by atoms with Crippen LogP contribution in [-0.4, -0.2) is 53.7 Å². The van der Waals surface area contributed by atoms with Crippen LogP contribution in [0, 0.1) is 0 Å². The fourth-order valence-corrected chi connectivity index (χ4v) is 6.44. The van der Waals surface area contributed by atoms with Crippen LogP contribution in [0.5, 0.6) is 0 Å². The summed E-state index contributed by atoms with van der Waals surface area (Å²) in [6, 6.07) is 0. The van der Waals surface area contributed by atoms with Gasteiger partial charge in [0.15, 0.2) is 11.6 Å². The van der Waals surface area contributed by atoms with Gasteiger partial charge in [-0.1, -0.05) is 141 Å². The molecule has 0 radical (unpaired) electrons. The lowest BCUT2D eigenvalue weighted by molar-refractivity contribution is -0.885. The Bertz CT molecular complexity index is 733. The summed E-state index contributed by atoms with van der Waals surface area (Å²) in [6.07, 6.45) is 41.0. The van der Waals surface area contributed by atoms with Crippen molar-refractivity contribution < 1.29 is 19.2 Å². The van der Waals surface area contributed by atoms with Gasteiger partial charge >= 0.3 is 0 Å². The minimum atomic E-state index is -1.98. The number of unbranched alkanes of at least 4 members (excludes halogenated alkanes) is 22. The number of nitrogens with zero attached hydrogens (tertiary/aromatic N) is 1. The van der Waals surface area contributed by atoms with Gasteiger partial charge in [0.1, 0.15) is 0 Å². The van der Waals surface area contributed by atoms with Crippen molar-refractivity contribution in [1.82, 2.24) is 0 Å². The molecule has 1 N–H and O–H groups in total. The molecule has 0 saturated heterocycles. The van der Waals surface area contributed by atoms with Crippen LogP contribution in [-0.2, 0) is 9.59 Å². The second-order valence-corrected chi connectivity index (χ2v) is 15.3. The minimum absolute atomic E-state index is 0.258. The van der Waals surface area contributed by atoms with Crippen LogP contribution in [0.1, 0.15) is 194 Å². The van der Waals surface area contributed by atoms with Crippen LogP contribution < -0.4 is 0 Å². The molecule has 0 aromatic rings. The van der Waals surface area contributed by atoms with Crippen LogP contribution in [0.4, 0.5) is 0 Å². The second kappa shape index (κ2) is 30.2. The Balaban J connectivity index is 4.26. The first-order valence-electron chi connectivity index (χ1n) is 19.7. The van der Waals surface area contributed by atoms with Crippen molar-refractivity contribution in [2.75, 3.05) is 21.1 Å². The first kappa shape index (κ1) is 45.2. The topological polar surface area (TPSA) is 54.4 Å². The van der Waals surface area contributed by atoms with Crippen molar-refractivity contribution in [3.63, 3.8) is 0 Å². The van der Waals surface area contributed by atoms with E-state index in [2.05, 4.69) is 47.4 Å². The highest BCUT2D eigenvalue weighted by Gasteiger charge is 2.48. The first-order valence-corrected chi connectivity index (χ1v) is 20.3. The van der Waals surface area contributed by atoms with Crippen LogP contribution in [0.2, 0.25) is 0 Å². The Morgan fingerprint density at radius 2 is 0.783 bits per heavy atom. The number of likely N-dealkylation sites (N-methyl/N-ethyl adjacent to an activating group) is 1. The molecule has 4 nitrogen and oxygen atoms in total. The van der Waals surface area contributed by atoms with Crippen molar-refractivity contribution >= 4 is 20.8 Å². The van der Waals surface area contributed by atoms with Gasteiger partial charge in [0.25, 0.3) is 0 Å². The van der Waals surface area contributed by atoms with Crippen molar-refractivity contribution in [2.24, 2.45) is 0 Å². The average Bonchev–Trinajstić information content (AvgIpc) is 3.03. The van der Waals surface area contributed by atoms with E-state index in [0.717, 1.165) is 64.2 Å². The molecule has 5 heteroatoms. The Morgan fingerprint density at radius 1 is 0.522 bits per heavy atom. The number of aliphatic hydroxyl groups is 1. The monoisotopic (exact) mass is 664 g/mol. The van der Waals surface area contributed by atoms with E-state index in [9.17, 15) is 14.7 Å². The maximum absolute atomic E-state index is 13.4. The molecule has 0 saturated carbocycles. The molecule has 0 aromatic carbocycles. The van der Waals surface area contributed by atoms with Gasteiger partial charge in [0.2, 0.25) is 5.60 Å². The number of hydrogen-bond donors (Lipinski definition) is 1. The number of Topliss-reactive ketones (excluding diaryl/α,β-unsaturated/α-hetero) is 2. The van der Waals surface area contributed by atoms with Gasteiger partial charge in [-0.2, -0.15) is 0 Å². The molecule has 1 atom stereocenters. The lowest BCUT2D eigenvalue weighted by Crippen LogP contribution is -2.63. The summed E-state index contributed by atoms with van der Waals surface area (Å²) in [4.78, 5) is 26.7. The lowest BCUT2D eigenvalue weighted by Gasteiger charge is -2.46. The number of quaternary nitrogens is 1. The van der Waals surface area contributed by atoms with E-state index in [1.165, 1.54) is 103 Å². The zero-order valence-corrected chi connectivity index (χ0v) is 32.4. The Morgan fingerprint density at radius 3 is 1.07 bits per heavy atom. The highest BCUT2D eigenvalue weighted by molar-refractivity contribution is 7.17. The highest BCUT2D eigenvalue weighted by atomic mass is 31.0. The molecule has 0 fully saturated rings. The third kappa shape index (κ3) is 23.5. The molecule has 46 heavy (non-hydrogen) atoms. The van der Waals surface area contributed by atoms with Gasteiger partial charge in [0, 0.05) is 18.6 Å². The fraction of sp³-hybridized carbons (Fsp3) is 0.854. The third-order valence-corrected chi connectivity index (χ3v) is 10.5. The highest BCUT2D eigenvalue weighted by Crippen LogP contribution is 2.30. The summed E-state index contributed by atoms with van der Waals surface area (Å²) >= 11 is 0. The Hall–Kier alpha value is -0.830. The summed E-state index contributed by atoms with van der Waals surface area (Å²) in [5.74, 6) is -1.31. The maximum atomic E-state index is 13.4. The van der Waals surface area contributed by atoms with E-state index in [1.807, 2.05) is 21.1 Å². The second-order valence-electron chi connectivity index (χ2n) is 14.8. The molecule has 0 aliphatic carbocycles. The lowest BCUT2D eigenvalue weighted by atomic mass is 9.85. The van der Waals surface area contributed by atoms with Gasteiger partial charge in [-0.05, 0) is 64.2 Å². The molecule has 0 amide bonds. The van der Waals surface area contributed by atoms with Crippen LogP contribution in [0.25, 0.3) is 0 Å². The molecular formula is C41H78NO3P. The maximum Gasteiger partial charge on any atom is 0.204 e. The quantitative estimate of drug-likeness (QED) is 0.0245. The molecule has 270 valence electrons. The number of ketones is 2. The van der Waals surface area contributed by atoms with Gasteiger partial charge in [-0.3, -0.25) is 9.59 Å². The molecular weight excluding hydrogens is 585 g/mol. The smallest absolute Gasteiger partial charge is 0.204 e. The number of carbonyl (C=O) groups is 2. The van der Waals surface area contributed by atoms with Gasteiger partial charge in [0.05, 0.1) is 21.1 Å². The van der Waals surface area contributed by atoms with E-state index in [0.29, 0.717) is 4.48 Å². The van der Waals surface area contributed by atoms with Gasteiger partial charge in [-0.25, -0.2) is 0 Å². The van der Waals surface area contributed by atoms with E-state index in [4.69, 9.17) is 0 Å². The molecule has 1 unspecified atom stereocenters. The molecule has 0 aliphatic heterocycles. The largest absolute Gasteiger partial charge is 0.488 e. The summed E-state index contributed by atoms with van der Waals surface area (Å²) in [7, 11) is 9.36. The molecule has 0 heterocycles. The van der Waals surface area contributed by atoms with Gasteiger partial charge < -0.3 is 18.8 Å². The minimum Gasteiger partial charge on any atom is -0.488 e. The summed E-state index contributed by atoms with van der Waals surface area (Å²) in [6.45, 7) is 4.52. The summed E-state index contributed by atoms with van der Waals surface area (Å²) < 4.78 is 0.295. The predicted molar refractivity (Wildman–Crippen MR) is 204 cm³/mol. The van der Waals surface area contributed by atoms with Crippen molar-refractivity contribution in [3.8, 4) is 0 Å². The normalized spacial score (nSPS) is 13.3. The zero-order valence-electron chi connectivity index (χ0n) is 31.4. The van der Waals surface area contributed by atoms with E-state index in [-0.39, 0.29) is 24.4 Å². The summed E-state index contributed by atoms with van der Waals surface area (Å²) in [5, 5.41) is 11.6. The van der Waals surface area contributed by atoms with Crippen molar-refractivity contribution in [1.29, 1.82) is 0 Å². The van der Waals surface area contributed by atoms with Gasteiger partial charge in [-0.15, -0.1) is 0 Å². The molecule has 0 bridgehead atoms. The van der Waals surface area contributed by atoms with Crippen LogP contribution in [0.3, 0.4) is 0 Å². The predicted octanol–water partition coefficient (Wildman–Crippen LogP) is 12.1. The average molecular weight is 664 g/mol. The number of carbonyl (C=O) groups excluding carboxylic acids is 2. The number of allylic oxidation sites excluding steroid dienone is 4. The van der Waals surface area contributed by atoms with Crippen molar-refractivity contribution in [2.45, 2.75) is 205 Å². The number of hydrogen-bond acceptors (Lipinski definition) is 3. The van der Waals surface area contributed by atoms with Crippen LogP contribution >= 0.6 is 9.24 Å². The first-order chi connectivity index (χ1) is 22.1. The Labute approximate surface area is 289 Å². The standard InChI is InChI=1S/C41H78NO3P/c1-6-8-10-12-14-16-18-20-22-24-26-28-30-32-34-36-38(43)41(45,40(46)42(3,4)5)39(44)37-35-33-31-29-27-25-23-21-19-17-15-13-11-9-7-2/h20-23,40,45-46H,6-19,24-37H2,1-5H3/b22-20-,23-21-. The van der Waals surface area contributed by atoms with Crippen molar-refractivity contribution in [3.05, 3.63) is 24.3 Å². The summed E-state index contributed by atoms with van der Waals surface area (Å²) in [5.41, 5.74) is -1.98. The molecule has 0 aromatic heterocycles. The van der Waals surface area contributed by atoms with E-state index < -0.39 is 11.4 Å².